The van der Waals surface area contributed by atoms with Crippen LogP contribution in [0.1, 0.15) is 54.4 Å². The molecule has 0 spiro atoms. The van der Waals surface area contributed by atoms with Crippen molar-refractivity contribution < 1.29 is 51.9 Å². The highest BCUT2D eigenvalue weighted by Crippen LogP contribution is 2.26. The lowest BCUT2D eigenvalue weighted by Gasteiger charge is -2.38. The van der Waals surface area contributed by atoms with Crippen LogP contribution in [0.25, 0.3) is 0 Å². The molecule has 2 N–H and O–H groups in total. The number of hydrogen-bond donors (Lipinski definition) is 2. The van der Waals surface area contributed by atoms with Crippen LogP contribution in [0.4, 0.5) is 0 Å². The van der Waals surface area contributed by atoms with Gasteiger partial charge >= 0.3 is 8.56 Å². The highest BCUT2D eigenvalue weighted by Gasteiger charge is 2.39. The maximum Gasteiger partial charge on any atom is 0.311 e. The van der Waals surface area contributed by atoms with Gasteiger partial charge in [0.15, 0.2) is 16.6 Å². The van der Waals surface area contributed by atoms with E-state index in [1.807, 2.05) is 27.7 Å². The van der Waals surface area contributed by atoms with E-state index in [1.54, 1.807) is 13.8 Å². The van der Waals surface area contributed by atoms with Crippen molar-refractivity contribution >= 4 is 25.2 Å². The molecule has 0 fully saturated rings. The molecule has 0 aromatic rings. The number of ether oxygens (including phenoxy) is 6. The van der Waals surface area contributed by atoms with Gasteiger partial charge in [-0.05, 0) is 106 Å². The molecule has 0 saturated heterocycles. The zero-order valence-electron chi connectivity index (χ0n) is 30.0. The van der Waals surface area contributed by atoms with Crippen molar-refractivity contribution in [2.75, 3.05) is 52.9 Å². The van der Waals surface area contributed by atoms with Crippen LogP contribution in [-0.2, 0) is 41.5 Å². The van der Waals surface area contributed by atoms with Crippen LogP contribution >= 0.6 is 0 Å². The fourth-order valence-corrected chi connectivity index (χ4v) is 18.6. The monoisotopic (exact) mass is 688 g/mol. The summed E-state index contributed by atoms with van der Waals surface area (Å²) in [6.07, 6.45) is 0.872. The Morgan fingerprint density at radius 2 is 0.841 bits per heavy atom. The van der Waals surface area contributed by atoms with Crippen LogP contribution in [0.15, 0.2) is 0 Å². The number of rotatable bonds is 29. The van der Waals surface area contributed by atoms with Crippen molar-refractivity contribution in [2.45, 2.75) is 142 Å². The standard InChI is InChI=1S/C30H68O11Si3/c1-25(31)19-35-28(4)22-36-26(2)20-33-15-13-17-42(7,8)40-44(11,12)41-43(9,10)18-14-16-34-21-27(3)37-23-29(5)38-24-30(6)39-32/h25-32H,13-24H2,1-12H3. The maximum absolute atomic E-state index is 9.31. The van der Waals surface area contributed by atoms with Gasteiger partial charge in [-0.1, -0.05) is 0 Å². The molecule has 0 aromatic carbocycles. The normalized spacial score (nSPS) is 17.3. The molecule has 11 nitrogen and oxygen atoms in total. The molecule has 14 heteroatoms. The Balaban J connectivity index is 4.17. The molecule has 0 aromatic heterocycles. The molecular formula is C30H68O11Si3. The summed E-state index contributed by atoms with van der Waals surface area (Å²) in [5, 5.41) is 17.9. The quantitative estimate of drug-likeness (QED) is 0.0428. The Bertz CT molecular complexity index is 701. The first-order chi connectivity index (χ1) is 20.4. The molecule has 0 aliphatic carbocycles. The van der Waals surface area contributed by atoms with Crippen LogP contribution in [-0.4, -0.2) is 125 Å². The summed E-state index contributed by atoms with van der Waals surface area (Å²) < 4.78 is 47.9. The fourth-order valence-electron chi connectivity index (χ4n) is 4.58. The van der Waals surface area contributed by atoms with Gasteiger partial charge in [-0.25, -0.2) is 4.89 Å². The van der Waals surface area contributed by atoms with Gasteiger partial charge in [0.1, 0.15) is 6.10 Å². The topological polar surface area (TPSA) is 124 Å². The Hall–Kier alpha value is 0.211. The molecule has 44 heavy (non-hydrogen) atoms. The van der Waals surface area contributed by atoms with Crippen molar-refractivity contribution in [1.82, 2.24) is 0 Å². The fraction of sp³-hybridized carbons (Fsp3) is 1.00. The van der Waals surface area contributed by atoms with E-state index >= 15 is 0 Å². The minimum atomic E-state index is -2.28. The lowest BCUT2D eigenvalue weighted by atomic mass is 10.4. The first-order valence-electron chi connectivity index (χ1n) is 16.4. The highest BCUT2D eigenvalue weighted by molar-refractivity contribution is 6.87. The predicted octanol–water partition coefficient (Wildman–Crippen LogP) is 5.82. The van der Waals surface area contributed by atoms with Gasteiger partial charge in [0, 0.05) is 13.2 Å². The molecule has 0 saturated carbocycles. The molecule has 6 atom stereocenters. The number of aliphatic hydroxyl groups is 1. The van der Waals surface area contributed by atoms with Crippen molar-refractivity contribution in [3.05, 3.63) is 0 Å². The van der Waals surface area contributed by atoms with E-state index < -0.39 is 31.3 Å². The zero-order valence-corrected chi connectivity index (χ0v) is 33.0. The third kappa shape index (κ3) is 26.3. The molecule has 6 unspecified atom stereocenters. The van der Waals surface area contributed by atoms with Crippen molar-refractivity contribution in [2.24, 2.45) is 0 Å². The average Bonchev–Trinajstić information content (AvgIpc) is 2.90. The first-order valence-corrected chi connectivity index (χ1v) is 25.4. The van der Waals surface area contributed by atoms with Gasteiger partial charge in [-0.15, -0.1) is 0 Å². The molecule has 0 rings (SSSR count). The Morgan fingerprint density at radius 3 is 1.20 bits per heavy atom. The van der Waals surface area contributed by atoms with Gasteiger partial charge in [-0.2, -0.15) is 0 Å². The summed E-state index contributed by atoms with van der Waals surface area (Å²) in [7, 11) is -6.09. The van der Waals surface area contributed by atoms with Gasteiger partial charge in [0.2, 0.25) is 0 Å². The summed E-state index contributed by atoms with van der Waals surface area (Å²) in [6.45, 7) is 28.7. The molecule has 0 bridgehead atoms. The largest absolute Gasteiger partial charge is 0.437 e. The van der Waals surface area contributed by atoms with Crippen LogP contribution in [0.5, 0.6) is 0 Å². The minimum Gasteiger partial charge on any atom is -0.437 e. The van der Waals surface area contributed by atoms with Crippen molar-refractivity contribution in [3.63, 3.8) is 0 Å². The van der Waals surface area contributed by atoms with E-state index in [0.29, 0.717) is 52.9 Å². The van der Waals surface area contributed by atoms with E-state index in [0.717, 1.165) is 24.9 Å². The second-order valence-corrected chi connectivity index (χ2v) is 26.3. The average molecular weight is 689 g/mol. The van der Waals surface area contributed by atoms with E-state index in [4.69, 9.17) is 41.9 Å². The zero-order chi connectivity index (χ0) is 33.8. The Morgan fingerprint density at radius 1 is 0.500 bits per heavy atom. The SMILES string of the molecule is CC(O)COC(C)COC(C)COCCC[Si](C)(C)O[Si](C)(C)O[Si](C)(C)CCCOCC(C)OCC(C)OCC(C)OO. The lowest BCUT2D eigenvalue weighted by molar-refractivity contribution is -0.284. The van der Waals surface area contributed by atoms with Crippen LogP contribution < -0.4 is 0 Å². The van der Waals surface area contributed by atoms with E-state index in [2.05, 4.69) is 44.2 Å². The summed E-state index contributed by atoms with van der Waals surface area (Å²) >= 11 is 0. The second-order valence-electron chi connectivity index (χ2n) is 13.8. The molecule has 0 radical (unpaired) electrons. The molecule has 0 aliphatic rings. The number of aliphatic hydroxyl groups excluding tert-OH is 1. The molecule has 266 valence electrons. The van der Waals surface area contributed by atoms with Crippen LogP contribution in [0, 0.1) is 0 Å². The molecule has 0 aliphatic heterocycles. The second kappa shape index (κ2) is 23.5. The van der Waals surface area contributed by atoms with Gasteiger partial charge in [0.05, 0.1) is 70.2 Å². The van der Waals surface area contributed by atoms with Crippen LogP contribution in [0.2, 0.25) is 51.4 Å². The minimum absolute atomic E-state index is 0.0133. The number of hydrogen-bond acceptors (Lipinski definition) is 11. The van der Waals surface area contributed by atoms with Crippen molar-refractivity contribution in [1.29, 1.82) is 0 Å². The Kier molecular flexibility index (Phi) is 23.6. The van der Waals surface area contributed by atoms with E-state index in [-0.39, 0.29) is 30.5 Å². The summed E-state index contributed by atoms with van der Waals surface area (Å²) in [6, 6.07) is 2.03. The third-order valence-corrected chi connectivity index (χ3v) is 18.0. The van der Waals surface area contributed by atoms with Gasteiger partial charge in [-0.3, -0.25) is 5.26 Å². The smallest absolute Gasteiger partial charge is 0.311 e. The summed E-state index contributed by atoms with van der Waals surface area (Å²) in [4.78, 5) is 4.21. The molecular weight excluding hydrogens is 621 g/mol. The highest BCUT2D eigenvalue weighted by atomic mass is 28.5. The predicted molar refractivity (Wildman–Crippen MR) is 182 cm³/mol. The first kappa shape index (κ1) is 44.2. The lowest BCUT2D eigenvalue weighted by Crippen LogP contribution is -2.52. The maximum atomic E-state index is 9.31. The van der Waals surface area contributed by atoms with Gasteiger partial charge in [0.25, 0.3) is 0 Å². The third-order valence-electron chi connectivity index (χ3n) is 6.53. The molecule has 0 amide bonds. The summed E-state index contributed by atoms with van der Waals surface area (Å²) in [5.41, 5.74) is 0. The van der Waals surface area contributed by atoms with Gasteiger partial charge < -0.3 is 41.8 Å². The Labute approximate surface area is 271 Å². The van der Waals surface area contributed by atoms with E-state index in [9.17, 15) is 5.11 Å². The van der Waals surface area contributed by atoms with Crippen molar-refractivity contribution in [3.8, 4) is 0 Å². The van der Waals surface area contributed by atoms with Crippen LogP contribution in [0.3, 0.4) is 0 Å². The summed E-state index contributed by atoms with van der Waals surface area (Å²) in [5.74, 6) is 0. The molecule has 0 heterocycles. The van der Waals surface area contributed by atoms with E-state index in [1.165, 1.54) is 0 Å².